The fourth-order valence-corrected chi connectivity index (χ4v) is 2.93. The molecular weight excluding hydrogens is 397 g/mol. The second-order valence-corrected chi connectivity index (χ2v) is 6.78. The minimum atomic E-state index is -0.683. The molecule has 1 aliphatic heterocycles. The number of halogens is 3. The third-order valence-electron chi connectivity index (χ3n) is 3.61. The SMILES string of the molecule is CC1(C)N=C(N)N=C(N)N1c1ccc(Oc2ccc(Cl)cc2)c(Cl)c1.[Cl-]. The Kier molecular flexibility index (Phi) is 5.91. The maximum atomic E-state index is 6.38. The molecule has 3 rings (SSSR count). The van der Waals surface area contributed by atoms with Gasteiger partial charge in [0.05, 0.1) is 5.02 Å². The Balaban J connectivity index is 0.00000243. The molecule has 0 aromatic heterocycles. The van der Waals surface area contributed by atoms with Gasteiger partial charge in [0.25, 0.3) is 0 Å². The van der Waals surface area contributed by atoms with Crippen LogP contribution in [0.3, 0.4) is 0 Å². The van der Waals surface area contributed by atoms with E-state index in [-0.39, 0.29) is 24.3 Å². The molecule has 26 heavy (non-hydrogen) atoms. The number of rotatable bonds is 3. The van der Waals surface area contributed by atoms with Crippen LogP contribution in [-0.2, 0) is 0 Å². The molecule has 0 radical (unpaired) electrons. The van der Waals surface area contributed by atoms with Crippen LogP contribution in [-0.4, -0.2) is 17.6 Å². The highest BCUT2D eigenvalue weighted by Crippen LogP contribution is 2.36. The van der Waals surface area contributed by atoms with E-state index in [0.29, 0.717) is 21.5 Å². The summed E-state index contributed by atoms with van der Waals surface area (Å²) in [6.45, 7) is 3.76. The van der Waals surface area contributed by atoms with Crippen LogP contribution >= 0.6 is 23.2 Å². The molecule has 0 aliphatic carbocycles. The van der Waals surface area contributed by atoms with Crippen LogP contribution in [0, 0.1) is 0 Å². The van der Waals surface area contributed by atoms with Crippen LogP contribution in [0.4, 0.5) is 5.69 Å². The van der Waals surface area contributed by atoms with Crippen molar-refractivity contribution in [3.05, 3.63) is 52.5 Å². The van der Waals surface area contributed by atoms with Crippen molar-refractivity contribution in [2.45, 2.75) is 19.5 Å². The smallest absolute Gasteiger partial charge is 0.220 e. The van der Waals surface area contributed by atoms with E-state index in [4.69, 9.17) is 39.4 Å². The fraction of sp³-hybridized carbons (Fsp3) is 0.176. The molecule has 0 bridgehead atoms. The Morgan fingerprint density at radius 1 is 1.04 bits per heavy atom. The van der Waals surface area contributed by atoms with Gasteiger partial charge in [0, 0.05) is 10.7 Å². The minimum absolute atomic E-state index is 0. The maximum Gasteiger partial charge on any atom is 0.220 e. The first-order valence-corrected chi connectivity index (χ1v) is 8.24. The summed E-state index contributed by atoms with van der Waals surface area (Å²) in [7, 11) is 0. The van der Waals surface area contributed by atoms with Gasteiger partial charge in [0.2, 0.25) is 11.9 Å². The van der Waals surface area contributed by atoms with Gasteiger partial charge in [-0.3, -0.25) is 4.90 Å². The first kappa shape index (κ1) is 20.2. The van der Waals surface area contributed by atoms with Gasteiger partial charge in [-0.2, -0.15) is 4.99 Å². The summed E-state index contributed by atoms with van der Waals surface area (Å²) >= 11 is 12.3. The number of nitrogens with two attached hydrogens (primary N) is 2. The molecule has 6 nitrogen and oxygen atoms in total. The highest BCUT2D eigenvalue weighted by Gasteiger charge is 2.33. The van der Waals surface area contributed by atoms with E-state index >= 15 is 0 Å². The second kappa shape index (κ2) is 7.61. The Morgan fingerprint density at radius 3 is 2.27 bits per heavy atom. The summed E-state index contributed by atoms with van der Waals surface area (Å²) in [6.07, 6.45) is 0. The van der Waals surface area contributed by atoms with Crippen LogP contribution in [0.25, 0.3) is 0 Å². The molecule has 2 aromatic carbocycles. The van der Waals surface area contributed by atoms with Gasteiger partial charge in [-0.15, -0.1) is 0 Å². The van der Waals surface area contributed by atoms with Crippen LogP contribution in [0.5, 0.6) is 11.5 Å². The number of benzene rings is 2. The van der Waals surface area contributed by atoms with Gasteiger partial charge in [-0.1, -0.05) is 23.2 Å². The van der Waals surface area contributed by atoms with Crippen molar-refractivity contribution in [2.24, 2.45) is 21.5 Å². The van der Waals surface area contributed by atoms with Crippen LogP contribution < -0.4 is 33.5 Å². The van der Waals surface area contributed by atoms with Gasteiger partial charge >= 0.3 is 0 Å². The lowest BCUT2D eigenvalue weighted by molar-refractivity contribution is -0.00000630. The predicted molar refractivity (Wildman–Crippen MR) is 103 cm³/mol. The average Bonchev–Trinajstić information content (AvgIpc) is 2.50. The van der Waals surface area contributed by atoms with E-state index in [1.54, 1.807) is 41.3 Å². The topological polar surface area (TPSA) is 89.2 Å². The number of anilines is 1. The summed E-state index contributed by atoms with van der Waals surface area (Å²) in [5.74, 6) is 1.55. The molecule has 9 heteroatoms. The zero-order chi connectivity index (χ0) is 18.2. The molecule has 2 aromatic rings. The summed E-state index contributed by atoms with van der Waals surface area (Å²) in [6, 6.07) is 12.4. The van der Waals surface area contributed by atoms with Gasteiger partial charge in [-0.05, 0) is 56.3 Å². The van der Waals surface area contributed by atoms with Gasteiger partial charge in [0.1, 0.15) is 17.2 Å². The third kappa shape index (κ3) is 4.15. The average molecular weight is 414 g/mol. The van der Waals surface area contributed by atoms with Crippen LogP contribution in [0.15, 0.2) is 52.4 Å². The Morgan fingerprint density at radius 2 is 1.69 bits per heavy atom. The lowest BCUT2D eigenvalue weighted by Crippen LogP contribution is -3.00. The number of hydrogen-bond donors (Lipinski definition) is 2. The van der Waals surface area contributed by atoms with E-state index in [1.807, 2.05) is 19.9 Å². The fourth-order valence-electron chi connectivity index (χ4n) is 2.59. The number of aliphatic imine (C=N–C) groups is 2. The van der Waals surface area contributed by atoms with E-state index in [9.17, 15) is 0 Å². The number of hydrogen-bond acceptors (Lipinski definition) is 6. The normalized spacial score (nSPS) is 15.6. The van der Waals surface area contributed by atoms with Gasteiger partial charge in [-0.25, -0.2) is 4.99 Å². The third-order valence-corrected chi connectivity index (χ3v) is 4.16. The van der Waals surface area contributed by atoms with Crippen molar-refractivity contribution in [3.8, 4) is 11.5 Å². The molecule has 4 N–H and O–H groups in total. The van der Waals surface area contributed by atoms with Crippen molar-refractivity contribution >= 4 is 40.8 Å². The van der Waals surface area contributed by atoms with Crippen molar-refractivity contribution in [3.63, 3.8) is 0 Å². The lowest BCUT2D eigenvalue weighted by atomic mass is 10.1. The van der Waals surface area contributed by atoms with Gasteiger partial charge < -0.3 is 28.6 Å². The lowest BCUT2D eigenvalue weighted by Gasteiger charge is -2.38. The van der Waals surface area contributed by atoms with Crippen LogP contribution in [0.2, 0.25) is 10.0 Å². The molecule has 0 unspecified atom stereocenters. The Bertz CT molecular complexity index is 865. The zero-order valence-electron chi connectivity index (χ0n) is 14.1. The summed E-state index contributed by atoms with van der Waals surface area (Å²) in [5, 5.41) is 1.06. The second-order valence-electron chi connectivity index (χ2n) is 5.94. The quantitative estimate of drug-likeness (QED) is 0.785. The first-order chi connectivity index (χ1) is 11.8. The molecule has 0 spiro atoms. The Labute approximate surface area is 167 Å². The molecule has 0 fully saturated rings. The Hall–Kier alpha value is -2.15. The number of ether oxygens (including phenoxy) is 1. The van der Waals surface area contributed by atoms with Crippen molar-refractivity contribution < 1.29 is 17.1 Å². The molecule has 0 amide bonds. The zero-order valence-corrected chi connectivity index (χ0v) is 16.3. The monoisotopic (exact) mass is 412 g/mol. The largest absolute Gasteiger partial charge is 1.00 e. The minimum Gasteiger partial charge on any atom is -1.00 e. The van der Waals surface area contributed by atoms with Crippen molar-refractivity contribution in [1.29, 1.82) is 0 Å². The summed E-state index contributed by atoms with van der Waals surface area (Å²) in [5.41, 5.74) is 11.8. The molecule has 138 valence electrons. The predicted octanol–water partition coefficient (Wildman–Crippen LogP) is 0.975. The van der Waals surface area contributed by atoms with Crippen LogP contribution in [0.1, 0.15) is 13.8 Å². The summed E-state index contributed by atoms with van der Waals surface area (Å²) < 4.78 is 5.78. The first-order valence-electron chi connectivity index (χ1n) is 7.49. The number of guanidine groups is 2. The maximum absolute atomic E-state index is 6.38. The number of nitrogens with zero attached hydrogens (tertiary/aromatic N) is 3. The molecule has 1 heterocycles. The molecular formula is C17H17Cl3N5O-. The van der Waals surface area contributed by atoms with E-state index in [2.05, 4.69) is 9.98 Å². The van der Waals surface area contributed by atoms with Crippen molar-refractivity contribution in [2.75, 3.05) is 4.90 Å². The summed E-state index contributed by atoms with van der Waals surface area (Å²) in [4.78, 5) is 10.1. The highest BCUT2D eigenvalue weighted by molar-refractivity contribution is 6.32. The van der Waals surface area contributed by atoms with E-state index in [1.165, 1.54) is 0 Å². The molecule has 0 saturated carbocycles. The standard InChI is InChI=1S/C17H17Cl2N5O.ClH/c1-17(2)23-15(20)22-16(21)24(17)11-5-8-14(13(19)9-11)25-12-6-3-10(18)4-7-12;/h3-9H,1-2H3,(H4,20,21,22,23);1H/p-1. The van der Waals surface area contributed by atoms with E-state index in [0.717, 1.165) is 5.69 Å². The molecule has 0 atom stereocenters. The van der Waals surface area contributed by atoms with Crippen molar-refractivity contribution in [1.82, 2.24) is 0 Å². The molecule has 0 saturated heterocycles. The van der Waals surface area contributed by atoms with Gasteiger partial charge in [0.15, 0.2) is 0 Å². The molecule has 1 aliphatic rings. The highest BCUT2D eigenvalue weighted by atomic mass is 35.5. The van der Waals surface area contributed by atoms with E-state index < -0.39 is 5.66 Å².